The maximum absolute atomic E-state index is 10.4. The van der Waals surface area contributed by atoms with Crippen LogP contribution in [0.5, 0.6) is 0 Å². The molecule has 64 valence electrons. The van der Waals surface area contributed by atoms with Gasteiger partial charge in [-0.2, -0.15) is 0 Å². The first-order valence-electron chi connectivity index (χ1n) is 2.94. The topological polar surface area (TPSA) is 122 Å². The van der Waals surface area contributed by atoms with Gasteiger partial charge in [0.05, 0.1) is 0 Å². The van der Waals surface area contributed by atoms with Crippen LogP contribution in [0.1, 0.15) is 6.42 Å². The Morgan fingerprint density at radius 3 is 2.27 bits per heavy atom. The number of urea groups is 1. The van der Waals surface area contributed by atoms with E-state index in [1.807, 2.05) is 10.9 Å². The van der Waals surface area contributed by atoms with Crippen LogP contribution in [0, 0.1) is 0 Å². The highest BCUT2D eigenvalue weighted by Gasteiger charge is 1.99. The lowest BCUT2D eigenvalue weighted by Crippen LogP contribution is -2.41. The van der Waals surface area contributed by atoms with Crippen LogP contribution in [-0.2, 0) is 4.79 Å². The van der Waals surface area contributed by atoms with Crippen LogP contribution in [-0.4, -0.2) is 18.5 Å². The zero-order valence-electron chi connectivity index (χ0n) is 5.89. The van der Waals surface area contributed by atoms with E-state index >= 15 is 0 Å². The summed E-state index contributed by atoms with van der Waals surface area (Å²) in [7, 11) is 0. The average Bonchev–Trinajstić information content (AvgIpc) is 2.04. The minimum Gasteiger partial charge on any atom is -0.337 e. The minimum atomic E-state index is -0.533. The number of nitrogens with one attached hydrogen (secondary N) is 3. The van der Waals surface area contributed by atoms with E-state index in [0.717, 1.165) is 0 Å². The molecule has 0 aliphatic heterocycles. The Hall–Kier alpha value is -1.34. The lowest BCUT2D eigenvalue weighted by Gasteiger charge is -2.01. The monoisotopic (exact) mass is 161 g/mol. The Balaban J connectivity index is 3.27. The summed E-state index contributed by atoms with van der Waals surface area (Å²) in [6.45, 7) is 0.200. The van der Waals surface area contributed by atoms with E-state index in [1.54, 1.807) is 0 Å². The smallest absolute Gasteiger partial charge is 0.328 e. The highest BCUT2D eigenvalue weighted by atomic mass is 16.2. The molecular formula is C4H11N5O2. The molecule has 0 rings (SSSR count). The number of hydrazine groups is 2. The molecule has 0 aromatic rings. The Kier molecular flexibility index (Phi) is 4.78. The third kappa shape index (κ3) is 5.12. The third-order valence-electron chi connectivity index (χ3n) is 0.930. The van der Waals surface area contributed by atoms with Gasteiger partial charge < -0.3 is 5.32 Å². The lowest BCUT2D eigenvalue weighted by molar-refractivity contribution is -0.121. The van der Waals surface area contributed by atoms with Gasteiger partial charge in [0, 0.05) is 13.0 Å². The van der Waals surface area contributed by atoms with E-state index < -0.39 is 6.03 Å². The van der Waals surface area contributed by atoms with E-state index in [2.05, 4.69) is 5.32 Å². The fourth-order valence-corrected chi connectivity index (χ4v) is 0.413. The highest BCUT2D eigenvalue weighted by molar-refractivity contribution is 5.77. The molecule has 0 fully saturated rings. The highest BCUT2D eigenvalue weighted by Crippen LogP contribution is 1.73. The van der Waals surface area contributed by atoms with Crippen molar-refractivity contribution in [3.05, 3.63) is 0 Å². The van der Waals surface area contributed by atoms with E-state index in [1.165, 1.54) is 0 Å². The van der Waals surface area contributed by atoms with Crippen LogP contribution in [0.2, 0.25) is 0 Å². The van der Waals surface area contributed by atoms with Gasteiger partial charge in [0.2, 0.25) is 5.91 Å². The van der Waals surface area contributed by atoms with Crippen LogP contribution in [0.25, 0.3) is 0 Å². The van der Waals surface area contributed by atoms with E-state index in [4.69, 9.17) is 11.7 Å². The number of amides is 3. The fraction of sp³-hybridized carbons (Fsp3) is 0.500. The predicted octanol–water partition coefficient (Wildman–Crippen LogP) is -2.46. The van der Waals surface area contributed by atoms with Crippen LogP contribution in [0.3, 0.4) is 0 Å². The van der Waals surface area contributed by atoms with Crippen molar-refractivity contribution in [1.82, 2.24) is 16.2 Å². The summed E-state index contributed by atoms with van der Waals surface area (Å²) in [4.78, 5) is 20.8. The second-order valence-electron chi connectivity index (χ2n) is 1.72. The Labute approximate surface area is 63.4 Å². The van der Waals surface area contributed by atoms with Gasteiger partial charge in [-0.15, -0.1) is 0 Å². The van der Waals surface area contributed by atoms with Crippen molar-refractivity contribution < 1.29 is 9.59 Å². The molecule has 0 radical (unpaired) electrons. The molecule has 0 heterocycles. The van der Waals surface area contributed by atoms with Crippen LogP contribution in [0.15, 0.2) is 0 Å². The lowest BCUT2D eigenvalue weighted by atomic mass is 10.4. The second kappa shape index (κ2) is 5.45. The van der Waals surface area contributed by atoms with Gasteiger partial charge in [0.25, 0.3) is 0 Å². The maximum Gasteiger partial charge on any atom is 0.328 e. The van der Waals surface area contributed by atoms with Crippen LogP contribution in [0.4, 0.5) is 4.79 Å². The van der Waals surface area contributed by atoms with Gasteiger partial charge in [-0.1, -0.05) is 0 Å². The normalized spacial score (nSPS) is 8.55. The molecule has 11 heavy (non-hydrogen) atoms. The Morgan fingerprint density at radius 2 is 1.82 bits per heavy atom. The number of carbonyl (C=O) groups is 2. The number of hydrogen-bond acceptors (Lipinski definition) is 4. The first kappa shape index (κ1) is 9.66. The minimum absolute atomic E-state index is 0.129. The van der Waals surface area contributed by atoms with Crippen molar-refractivity contribution in [3.8, 4) is 0 Å². The predicted molar refractivity (Wildman–Crippen MR) is 37.7 cm³/mol. The van der Waals surface area contributed by atoms with E-state index in [9.17, 15) is 9.59 Å². The number of nitrogens with two attached hydrogens (primary N) is 2. The summed E-state index contributed by atoms with van der Waals surface area (Å²) >= 11 is 0. The summed E-state index contributed by atoms with van der Waals surface area (Å²) in [5.41, 5.74) is 3.76. The SMILES string of the molecule is NNC(=O)CCNC(=O)NN. The largest absolute Gasteiger partial charge is 0.337 e. The fourth-order valence-electron chi connectivity index (χ4n) is 0.413. The summed E-state index contributed by atoms with van der Waals surface area (Å²) in [5, 5.41) is 2.31. The number of hydrogen-bond donors (Lipinski definition) is 5. The van der Waals surface area contributed by atoms with E-state index in [-0.39, 0.29) is 18.9 Å². The molecule has 7 heteroatoms. The van der Waals surface area contributed by atoms with Crippen molar-refractivity contribution in [2.45, 2.75) is 6.42 Å². The summed E-state index contributed by atoms with van der Waals surface area (Å²) < 4.78 is 0. The van der Waals surface area contributed by atoms with Gasteiger partial charge in [-0.3, -0.25) is 15.6 Å². The molecule has 0 aromatic heterocycles. The second-order valence-corrected chi connectivity index (χ2v) is 1.72. The van der Waals surface area contributed by atoms with Crippen LogP contribution >= 0.6 is 0 Å². The molecule has 0 aliphatic carbocycles. The van der Waals surface area contributed by atoms with Crippen molar-refractivity contribution in [1.29, 1.82) is 0 Å². The first-order valence-corrected chi connectivity index (χ1v) is 2.94. The molecular weight excluding hydrogens is 150 g/mol. The van der Waals surface area contributed by atoms with Gasteiger partial charge >= 0.3 is 6.03 Å². The van der Waals surface area contributed by atoms with E-state index in [0.29, 0.717) is 0 Å². The van der Waals surface area contributed by atoms with Crippen molar-refractivity contribution in [2.24, 2.45) is 11.7 Å². The molecule has 0 aromatic carbocycles. The summed E-state index contributed by atoms with van der Waals surface area (Å²) in [6.07, 6.45) is 0.129. The van der Waals surface area contributed by atoms with Crippen molar-refractivity contribution in [3.63, 3.8) is 0 Å². The average molecular weight is 161 g/mol. The van der Waals surface area contributed by atoms with Gasteiger partial charge in [-0.05, 0) is 0 Å². The number of carbonyl (C=O) groups excluding carboxylic acids is 2. The maximum atomic E-state index is 10.4. The van der Waals surface area contributed by atoms with Gasteiger partial charge in [0.1, 0.15) is 0 Å². The molecule has 0 atom stereocenters. The Morgan fingerprint density at radius 1 is 1.18 bits per heavy atom. The number of rotatable bonds is 3. The molecule has 0 spiro atoms. The molecule has 0 unspecified atom stereocenters. The summed E-state index contributed by atoms with van der Waals surface area (Å²) in [5.74, 6) is 9.16. The van der Waals surface area contributed by atoms with Gasteiger partial charge in [-0.25, -0.2) is 16.5 Å². The zero-order chi connectivity index (χ0) is 8.69. The molecule has 3 amide bonds. The molecule has 0 bridgehead atoms. The Bertz CT molecular complexity index is 131. The summed E-state index contributed by atoms with van der Waals surface area (Å²) in [6, 6.07) is -0.533. The molecule has 0 saturated carbocycles. The van der Waals surface area contributed by atoms with Gasteiger partial charge in [0.15, 0.2) is 0 Å². The molecule has 7 nitrogen and oxygen atoms in total. The quantitative estimate of drug-likeness (QED) is 0.179. The third-order valence-corrected chi connectivity index (χ3v) is 0.930. The standard InChI is InChI=1S/C4H11N5O2/c5-8-3(10)1-2-7-4(11)9-6/h1-2,5-6H2,(H,8,10)(H2,7,9,11). The molecule has 0 saturated heterocycles. The first-order chi connectivity index (χ1) is 5.20. The van der Waals surface area contributed by atoms with Crippen molar-refractivity contribution >= 4 is 11.9 Å². The molecule has 7 N–H and O–H groups in total. The van der Waals surface area contributed by atoms with Crippen molar-refractivity contribution in [2.75, 3.05) is 6.54 Å². The molecule has 0 aliphatic rings. The van der Waals surface area contributed by atoms with Crippen LogP contribution < -0.4 is 27.9 Å². The zero-order valence-corrected chi connectivity index (χ0v) is 5.89.